The van der Waals surface area contributed by atoms with E-state index in [2.05, 4.69) is 85.9 Å². The van der Waals surface area contributed by atoms with E-state index >= 15 is 0 Å². The molecule has 5 heterocycles. The molecule has 3 unspecified atom stereocenters. The molecule has 8 nitrogen and oxygen atoms in total. The predicted octanol–water partition coefficient (Wildman–Crippen LogP) is 6.15. The van der Waals surface area contributed by atoms with Crippen molar-refractivity contribution in [3.8, 4) is 11.3 Å². The lowest BCUT2D eigenvalue weighted by molar-refractivity contribution is -0.131. The Hall–Kier alpha value is -3.01. The zero-order valence-electron chi connectivity index (χ0n) is 29.7. The largest absolute Gasteiger partial charge is 0.353 e. The minimum absolute atomic E-state index is 0.117. The molecule has 2 amide bonds. The Balaban J connectivity index is 1.13. The number of fused-ring (bicyclic) bond motifs is 3. The van der Waals surface area contributed by atoms with Crippen molar-refractivity contribution in [2.24, 2.45) is 17.3 Å². The van der Waals surface area contributed by atoms with Crippen LogP contribution in [0.1, 0.15) is 86.2 Å². The van der Waals surface area contributed by atoms with Gasteiger partial charge in [0.25, 0.3) is 0 Å². The Morgan fingerprint density at radius 1 is 0.896 bits per heavy atom. The van der Waals surface area contributed by atoms with Gasteiger partial charge in [-0.2, -0.15) is 0 Å². The van der Waals surface area contributed by atoms with E-state index in [1.54, 1.807) is 11.3 Å². The number of thiophene rings is 1. The number of aromatic amines is 1. The van der Waals surface area contributed by atoms with Crippen LogP contribution in [0.5, 0.6) is 0 Å². The summed E-state index contributed by atoms with van der Waals surface area (Å²) in [6.45, 7) is 19.4. The summed E-state index contributed by atoms with van der Waals surface area (Å²) < 4.78 is 0. The summed E-state index contributed by atoms with van der Waals surface area (Å²) in [5, 5.41) is 4.24. The van der Waals surface area contributed by atoms with Gasteiger partial charge in [-0.25, -0.2) is 0 Å². The molecule has 7 rings (SSSR count). The van der Waals surface area contributed by atoms with Gasteiger partial charge in [-0.15, -0.1) is 11.3 Å². The molecule has 3 aromatic rings. The summed E-state index contributed by atoms with van der Waals surface area (Å²) in [7, 11) is 0. The molecule has 3 aliphatic heterocycles. The van der Waals surface area contributed by atoms with Crippen LogP contribution in [0, 0.1) is 31.1 Å². The molecule has 9 heteroatoms. The van der Waals surface area contributed by atoms with Crippen LogP contribution in [-0.4, -0.2) is 95.7 Å². The monoisotopic (exact) mass is 671 g/mol. The van der Waals surface area contributed by atoms with Gasteiger partial charge < -0.3 is 15.2 Å². The lowest BCUT2D eigenvalue weighted by Gasteiger charge is -2.38. The molecule has 1 aromatic carbocycles. The quantitative estimate of drug-likeness (QED) is 0.253. The second kappa shape index (κ2) is 12.7. The van der Waals surface area contributed by atoms with Crippen LogP contribution in [-0.2, 0) is 15.0 Å². The van der Waals surface area contributed by atoms with Gasteiger partial charge in [-0.3, -0.25) is 24.2 Å². The number of nitrogens with zero attached hydrogens (tertiary/aromatic N) is 3. The molecular formula is C39H53N5O3S. The van der Waals surface area contributed by atoms with Crippen molar-refractivity contribution in [2.45, 2.75) is 85.1 Å². The van der Waals surface area contributed by atoms with Crippen LogP contribution < -0.4 is 5.32 Å². The number of H-pyrrole nitrogens is 1. The standard InChI is InChI=1S/C39H53N5O3S/c1-24-17-25(2)19-26(18-24)34-33(28-20-31(48-37(28)41-34)38(3,4)21-29-27-9-10-30(29)40-36(27)47)35(46)39(5,6)23-43-15-13-42(14-16-43)22-32(45)44-11-7-8-12-44/h17-20,27,29-30,41H,7-16,21-23H2,1-6H3,(H,40,47). The number of carbonyl (C=O) groups is 3. The summed E-state index contributed by atoms with van der Waals surface area (Å²) in [5.74, 6) is 1.17. The first-order chi connectivity index (χ1) is 22.8. The maximum absolute atomic E-state index is 14.9. The van der Waals surface area contributed by atoms with Gasteiger partial charge in [0, 0.05) is 73.5 Å². The molecule has 48 heavy (non-hydrogen) atoms. The summed E-state index contributed by atoms with van der Waals surface area (Å²) in [6, 6.07) is 9.11. The van der Waals surface area contributed by atoms with Crippen molar-refractivity contribution >= 4 is 39.2 Å². The number of piperidine rings is 1. The zero-order chi connectivity index (χ0) is 34.0. The van der Waals surface area contributed by atoms with E-state index in [9.17, 15) is 14.4 Å². The molecule has 258 valence electrons. The topological polar surface area (TPSA) is 88.7 Å². The van der Waals surface area contributed by atoms with E-state index in [1.807, 2.05) is 4.90 Å². The molecule has 0 spiro atoms. The van der Waals surface area contributed by atoms with Crippen LogP contribution in [0.3, 0.4) is 0 Å². The van der Waals surface area contributed by atoms with Crippen molar-refractivity contribution in [1.29, 1.82) is 0 Å². The Labute approximate surface area is 289 Å². The van der Waals surface area contributed by atoms with E-state index in [-0.39, 0.29) is 28.9 Å². The van der Waals surface area contributed by atoms with E-state index in [0.29, 0.717) is 25.0 Å². The Kier molecular flexibility index (Phi) is 8.86. The number of aryl methyl sites for hydroxylation is 2. The number of rotatable bonds is 10. The number of nitrogens with one attached hydrogen (secondary N) is 2. The van der Waals surface area contributed by atoms with E-state index < -0.39 is 5.41 Å². The van der Waals surface area contributed by atoms with Gasteiger partial charge in [0.05, 0.1) is 17.8 Å². The highest BCUT2D eigenvalue weighted by Gasteiger charge is 2.49. The Morgan fingerprint density at radius 2 is 1.56 bits per heavy atom. The SMILES string of the molecule is Cc1cc(C)cc(-c2[nH]c3sc(C(C)(C)CC4C5CCC4C(=O)N5)cc3c2C(=O)C(C)(C)CN2CCN(CC(=O)N3CCCC3)CC2)c1. The Morgan fingerprint density at radius 3 is 2.19 bits per heavy atom. The molecule has 4 aliphatic rings. The zero-order valence-corrected chi connectivity index (χ0v) is 30.5. The van der Waals surface area contributed by atoms with E-state index in [4.69, 9.17) is 0 Å². The highest BCUT2D eigenvalue weighted by Crippen LogP contribution is 2.48. The number of likely N-dealkylation sites (tertiary alicyclic amines) is 1. The van der Waals surface area contributed by atoms with Crippen molar-refractivity contribution in [1.82, 2.24) is 25.0 Å². The average molecular weight is 672 g/mol. The smallest absolute Gasteiger partial charge is 0.236 e. The number of aromatic nitrogens is 1. The number of carbonyl (C=O) groups excluding carboxylic acids is 3. The number of piperazine rings is 1. The van der Waals surface area contributed by atoms with Crippen molar-refractivity contribution in [3.63, 3.8) is 0 Å². The van der Waals surface area contributed by atoms with Crippen LogP contribution in [0.4, 0.5) is 0 Å². The Bertz CT molecular complexity index is 1700. The third kappa shape index (κ3) is 6.38. The summed E-state index contributed by atoms with van der Waals surface area (Å²) >= 11 is 1.77. The number of hydrogen-bond acceptors (Lipinski definition) is 6. The van der Waals surface area contributed by atoms with E-state index in [1.165, 1.54) is 16.0 Å². The minimum Gasteiger partial charge on any atom is -0.353 e. The molecule has 3 atom stereocenters. The maximum atomic E-state index is 14.9. The number of benzene rings is 1. The van der Waals surface area contributed by atoms with Gasteiger partial charge in [0.15, 0.2) is 5.78 Å². The first kappa shape index (κ1) is 33.5. The van der Waals surface area contributed by atoms with Crippen LogP contribution >= 0.6 is 11.3 Å². The fourth-order valence-corrected chi connectivity index (χ4v) is 10.2. The van der Waals surface area contributed by atoms with Crippen molar-refractivity contribution < 1.29 is 14.4 Å². The predicted molar refractivity (Wildman–Crippen MR) is 194 cm³/mol. The minimum atomic E-state index is -0.608. The fourth-order valence-electron chi connectivity index (χ4n) is 9.05. The van der Waals surface area contributed by atoms with Gasteiger partial charge >= 0.3 is 0 Å². The summed E-state index contributed by atoms with van der Waals surface area (Å²) in [6.07, 6.45) is 5.28. The molecule has 4 fully saturated rings. The molecule has 2 N–H and O–H groups in total. The van der Waals surface area contributed by atoms with Gasteiger partial charge in [-0.05, 0) is 81.0 Å². The summed E-state index contributed by atoms with van der Waals surface area (Å²) in [4.78, 5) is 52.8. The van der Waals surface area contributed by atoms with Crippen LogP contribution in [0.25, 0.3) is 21.5 Å². The third-order valence-corrected chi connectivity index (χ3v) is 13.1. The lowest BCUT2D eigenvalue weighted by atomic mass is 9.77. The second-order valence-corrected chi connectivity index (χ2v) is 17.6. The fraction of sp³-hybridized carbons (Fsp3) is 0.615. The van der Waals surface area contributed by atoms with Crippen molar-refractivity contribution in [2.75, 3.05) is 52.4 Å². The second-order valence-electron chi connectivity index (χ2n) is 16.5. The van der Waals surface area contributed by atoms with Crippen LogP contribution in [0.15, 0.2) is 24.3 Å². The van der Waals surface area contributed by atoms with Crippen LogP contribution in [0.2, 0.25) is 0 Å². The molecule has 1 saturated carbocycles. The maximum Gasteiger partial charge on any atom is 0.236 e. The van der Waals surface area contributed by atoms with Gasteiger partial charge in [-0.1, -0.05) is 44.9 Å². The van der Waals surface area contributed by atoms with Gasteiger partial charge in [0.1, 0.15) is 4.83 Å². The number of Topliss-reactive ketones (excluding diaryl/α,β-unsaturated/α-hetero) is 1. The molecule has 2 aromatic heterocycles. The first-order valence-corrected chi connectivity index (χ1v) is 18.9. The van der Waals surface area contributed by atoms with Gasteiger partial charge in [0.2, 0.25) is 11.8 Å². The molecule has 0 radical (unpaired) electrons. The third-order valence-electron chi connectivity index (χ3n) is 11.6. The number of amides is 2. The molecule has 1 aliphatic carbocycles. The molecule has 3 saturated heterocycles. The summed E-state index contributed by atoms with van der Waals surface area (Å²) in [5.41, 5.74) is 4.40. The number of ketones is 1. The first-order valence-electron chi connectivity index (χ1n) is 18.1. The lowest BCUT2D eigenvalue weighted by Crippen LogP contribution is -2.52. The highest BCUT2D eigenvalue weighted by molar-refractivity contribution is 7.18. The normalized spacial score (nSPS) is 23.8. The van der Waals surface area contributed by atoms with E-state index in [0.717, 1.165) is 98.4 Å². The van der Waals surface area contributed by atoms with Crippen molar-refractivity contribution in [3.05, 3.63) is 45.8 Å². The molecule has 2 bridgehead atoms. The highest BCUT2D eigenvalue weighted by atomic mass is 32.1. The average Bonchev–Trinajstić information content (AvgIpc) is 3.85. The number of hydrogen-bond donors (Lipinski definition) is 2. The molecular weight excluding hydrogens is 619 g/mol.